The predicted molar refractivity (Wildman–Crippen MR) is 143 cm³/mol. The maximum Gasteiger partial charge on any atom is 0.181 e. The van der Waals surface area contributed by atoms with Gasteiger partial charge in [-0.2, -0.15) is 0 Å². The highest BCUT2D eigenvalue weighted by Crippen LogP contribution is 2.63. The minimum absolute atomic E-state index is 0.0140. The second-order valence-corrected chi connectivity index (χ2v) is 11.4. The smallest absolute Gasteiger partial charge is 0.181 e. The zero-order valence-electron chi connectivity index (χ0n) is 19.1. The van der Waals surface area contributed by atoms with Gasteiger partial charge in [0.1, 0.15) is 0 Å². The van der Waals surface area contributed by atoms with E-state index in [0.29, 0.717) is 27.9 Å². The number of benzene rings is 3. The second-order valence-electron chi connectivity index (χ2n) is 10.1. The third kappa shape index (κ3) is 2.97. The maximum atomic E-state index is 14.2. The van der Waals surface area contributed by atoms with Gasteiger partial charge in [0.05, 0.1) is 6.04 Å². The van der Waals surface area contributed by atoms with Crippen LogP contribution in [-0.2, 0) is 9.59 Å². The molecule has 2 aliphatic carbocycles. The molecule has 2 aliphatic heterocycles. The Bertz CT molecular complexity index is 1380. The van der Waals surface area contributed by atoms with Gasteiger partial charge in [0.15, 0.2) is 17.2 Å². The Labute approximate surface area is 223 Å². The summed E-state index contributed by atoms with van der Waals surface area (Å²) in [6, 6.07) is 22.2. The van der Waals surface area contributed by atoms with Crippen molar-refractivity contribution < 1.29 is 9.59 Å². The molecule has 3 aromatic rings. The molecule has 3 aromatic carbocycles. The van der Waals surface area contributed by atoms with Crippen LogP contribution in [-0.4, -0.2) is 35.4 Å². The van der Waals surface area contributed by atoms with E-state index in [2.05, 4.69) is 15.1 Å². The van der Waals surface area contributed by atoms with Crippen molar-refractivity contribution in [3.8, 4) is 0 Å². The van der Waals surface area contributed by atoms with Crippen molar-refractivity contribution in [2.24, 2.45) is 11.8 Å². The van der Waals surface area contributed by atoms with Crippen LogP contribution in [0.4, 0.5) is 17.1 Å². The molecule has 8 heteroatoms. The van der Waals surface area contributed by atoms with Crippen LogP contribution in [0.1, 0.15) is 12.8 Å². The number of carbonyl (C=O) groups is 2. The first kappa shape index (κ1) is 22.5. The summed E-state index contributed by atoms with van der Waals surface area (Å²) < 4.78 is 0. The van der Waals surface area contributed by atoms with Crippen LogP contribution in [0.2, 0.25) is 15.1 Å². The number of nitrogens with zero attached hydrogens (tertiary/aromatic N) is 2. The molecule has 0 bridgehead atoms. The van der Waals surface area contributed by atoms with Crippen LogP contribution in [0, 0.1) is 11.8 Å². The minimum atomic E-state index is -1.06. The lowest BCUT2D eigenvalue weighted by Gasteiger charge is -2.42. The Hall–Kier alpha value is -2.73. The molecule has 0 amide bonds. The van der Waals surface area contributed by atoms with E-state index < -0.39 is 11.7 Å². The molecule has 1 N–H and O–H groups in total. The van der Waals surface area contributed by atoms with Crippen molar-refractivity contribution in [3.63, 3.8) is 0 Å². The number of hydrogen-bond acceptors (Lipinski definition) is 5. The van der Waals surface area contributed by atoms with Gasteiger partial charge in [-0.25, -0.2) is 0 Å². The normalized spacial score (nSPS) is 31.9. The number of nitrogens with one attached hydrogen (secondary N) is 1. The molecular formula is C28H22Cl3N3O2. The predicted octanol–water partition coefficient (Wildman–Crippen LogP) is 6.08. The van der Waals surface area contributed by atoms with Gasteiger partial charge in [-0.15, -0.1) is 0 Å². The van der Waals surface area contributed by atoms with Gasteiger partial charge in [-0.1, -0.05) is 34.8 Å². The molecule has 2 saturated heterocycles. The van der Waals surface area contributed by atoms with E-state index in [1.165, 1.54) is 0 Å². The van der Waals surface area contributed by atoms with Gasteiger partial charge in [0.25, 0.3) is 0 Å². The van der Waals surface area contributed by atoms with Crippen molar-refractivity contribution in [3.05, 3.63) is 87.9 Å². The van der Waals surface area contributed by atoms with Crippen LogP contribution in [0.25, 0.3) is 0 Å². The summed E-state index contributed by atoms with van der Waals surface area (Å²) in [6.07, 6.45) is 0.853. The number of anilines is 3. The van der Waals surface area contributed by atoms with Crippen molar-refractivity contribution >= 4 is 63.4 Å². The summed E-state index contributed by atoms with van der Waals surface area (Å²) in [7, 11) is 0. The summed E-state index contributed by atoms with van der Waals surface area (Å²) >= 11 is 18.5. The van der Waals surface area contributed by atoms with E-state index in [0.717, 1.165) is 17.1 Å². The number of halogens is 3. The van der Waals surface area contributed by atoms with E-state index in [1.807, 2.05) is 72.8 Å². The second kappa shape index (κ2) is 7.88. The van der Waals surface area contributed by atoms with E-state index in [1.54, 1.807) is 0 Å². The lowest BCUT2D eigenvalue weighted by molar-refractivity contribution is -0.121. The van der Waals surface area contributed by atoms with E-state index in [4.69, 9.17) is 34.8 Å². The molecule has 0 aromatic heterocycles. The summed E-state index contributed by atoms with van der Waals surface area (Å²) in [5, 5.41) is 5.52. The van der Waals surface area contributed by atoms with Crippen molar-refractivity contribution in [1.29, 1.82) is 0 Å². The zero-order valence-corrected chi connectivity index (χ0v) is 21.3. The molecule has 36 heavy (non-hydrogen) atoms. The van der Waals surface area contributed by atoms with Crippen molar-refractivity contribution in [1.82, 2.24) is 0 Å². The van der Waals surface area contributed by atoms with E-state index >= 15 is 0 Å². The molecule has 4 fully saturated rings. The van der Waals surface area contributed by atoms with Crippen LogP contribution in [0.15, 0.2) is 72.8 Å². The number of rotatable bonds is 4. The highest BCUT2D eigenvalue weighted by molar-refractivity contribution is 6.31. The first-order chi connectivity index (χ1) is 17.4. The van der Waals surface area contributed by atoms with E-state index in [-0.39, 0.29) is 35.5 Å². The lowest BCUT2D eigenvalue weighted by atomic mass is 9.86. The van der Waals surface area contributed by atoms with Gasteiger partial charge in [0.2, 0.25) is 0 Å². The quantitative estimate of drug-likeness (QED) is 0.436. The molecule has 7 rings (SSSR count). The molecule has 4 aliphatic rings. The topological polar surface area (TPSA) is 52.7 Å². The van der Waals surface area contributed by atoms with Crippen molar-refractivity contribution in [2.75, 3.05) is 15.1 Å². The molecule has 5 nitrogen and oxygen atoms in total. The van der Waals surface area contributed by atoms with Gasteiger partial charge in [-0.05, 0) is 72.8 Å². The minimum Gasteiger partial charge on any atom is -0.364 e. The van der Waals surface area contributed by atoms with Crippen LogP contribution in [0.5, 0.6) is 0 Å². The third-order valence-electron chi connectivity index (χ3n) is 8.46. The number of carbonyl (C=O) groups excluding carboxylic acids is 2. The highest BCUT2D eigenvalue weighted by atomic mass is 35.5. The molecule has 182 valence electrons. The molecule has 6 unspecified atom stereocenters. The summed E-state index contributed by atoms with van der Waals surface area (Å²) in [4.78, 5) is 32.3. The monoisotopic (exact) mass is 537 g/mol. The standard InChI is InChI=1S/C28H22Cl3N3O2/c29-15-1-7-18(8-2-15)32-28-24(36)14-22-26(28)25-21(33(22)19-9-3-16(30)4-10-19)13-23(35)27(25)34(28)20-11-5-17(31)6-12-20/h1-12,21-22,25-27,32H,13-14H2. The summed E-state index contributed by atoms with van der Waals surface area (Å²) in [5.74, 6) is 0.187. The highest BCUT2D eigenvalue weighted by Gasteiger charge is 2.78. The molecular weight excluding hydrogens is 517 g/mol. The van der Waals surface area contributed by atoms with Gasteiger partial charge >= 0.3 is 0 Å². The Balaban J connectivity index is 1.41. The third-order valence-corrected chi connectivity index (χ3v) is 9.22. The summed E-state index contributed by atoms with van der Waals surface area (Å²) in [5.41, 5.74) is 1.56. The number of Topliss-reactive ketones (excluding diaryl/α,β-unsaturated/α-hetero) is 2. The molecule has 6 atom stereocenters. The first-order valence-electron chi connectivity index (χ1n) is 12.1. The number of hydrogen-bond donors (Lipinski definition) is 1. The average Bonchev–Trinajstić information content (AvgIpc) is 3.53. The van der Waals surface area contributed by atoms with Crippen LogP contribution in [0.3, 0.4) is 0 Å². The van der Waals surface area contributed by atoms with Crippen LogP contribution >= 0.6 is 34.8 Å². The Kier molecular flexibility index (Phi) is 4.92. The van der Waals surface area contributed by atoms with Crippen LogP contribution < -0.4 is 15.1 Å². The first-order valence-corrected chi connectivity index (χ1v) is 13.2. The van der Waals surface area contributed by atoms with Gasteiger partial charge < -0.3 is 15.1 Å². The largest absolute Gasteiger partial charge is 0.364 e. The molecule has 0 radical (unpaired) electrons. The molecule has 2 heterocycles. The molecule has 0 spiro atoms. The fourth-order valence-electron chi connectivity index (χ4n) is 7.36. The lowest BCUT2D eigenvalue weighted by Crippen LogP contribution is -2.60. The molecule has 2 saturated carbocycles. The van der Waals surface area contributed by atoms with Crippen molar-refractivity contribution in [2.45, 2.75) is 36.6 Å². The SMILES string of the molecule is O=C1CC2C3C1N(c1ccc(Cl)cc1)C1(Nc4ccc(Cl)cc4)C(=O)CC(C31)N2c1ccc(Cl)cc1. The average molecular weight is 539 g/mol. The van der Waals surface area contributed by atoms with E-state index in [9.17, 15) is 9.59 Å². The zero-order chi connectivity index (χ0) is 24.8. The maximum absolute atomic E-state index is 14.2. The fourth-order valence-corrected chi connectivity index (χ4v) is 7.73. The van der Waals surface area contributed by atoms with Gasteiger partial charge in [0, 0.05) is 68.9 Å². The summed E-state index contributed by atoms with van der Waals surface area (Å²) in [6.45, 7) is 0. The fraction of sp³-hybridized carbons (Fsp3) is 0.286. The van der Waals surface area contributed by atoms with Gasteiger partial charge in [-0.3, -0.25) is 9.59 Å². The number of ketones is 2. The Morgan fingerprint density at radius 3 is 1.89 bits per heavy atom. The Morgan fingerprint density at radius 1 is 0.722 bits per heavy atom. The Morgan fingerprint density at radius 2 is 1.28 bits per heavy atom.